The minimum atomic E-state index is -4.75. The van der Waals surface area contributed by atoms with Crippen molar-refractivity contribution in [3.8, 4) is 5.75 Å². The number of likely N-dealkylation sites (N-methyl/N-ethyl adjacent to an activating group) is 1. The van der Waals surface area contributed by atoms with Gasteiger partial charge in [-0.2, -0.15) is 17.5 Å². The molecule has 8 heteroatoms. The lowest BCUT2D eigenvalue weighted by atomic mass is 10.2. The Bertz CT molecular complexity index is 818. The Hall–Kier alpha value is -2.06. The van der Waals surface area contributed by atoms with Crippen molar-refractivity contribution >= 4 is 10.0 Å². The molecule has 4 nitrogen and oxygen atoms in total. The van der Waals surface area contributed by atoms with E-state index in [4.69, 9.17) is 4.74 Å². The van der Waals surface area contributed by atoms with E-state index in [0.717, 1.165) is 28.1 Å². The van der Waals surface area contributed by atoms with Crippen LogP contribution in [-0.4, -0.2) is 32.9 Å². The smallest absolute Gasteiger partial charge is 0.417 e. The average Bonchev–Trinajstić information content (AvgIpc) is 2.55. The topological polar surface area (TPSA) is 46.6 Å². The number of alkyl halides is 3. The van der Waals surface area contributed by atoms with Crippen LogP contribution < -0.4 is 4.74 Å². The van der Waals surface area contributed by atoms with E-state index in [2.05, 4.69) is 0 Å². The molecule has 2 rings (SSSR count). The fourth-order valence-electron chi connectivity index (χ4n) is 2.14. The summed E-state index contributed by atoms with van der Waals surface area (Å²) in [6, 6.07) is 11.3. The monoisotopic (exact) mass is 373 g/mol. The zero-order valence-electron chi connectivity index (χ0n) is 13.7. The zero-order valence-corrected chi connectivity index (χ0v) is 14.6. The van der Waals surface area contributed by atoms with Crippen LogP contribution in [0.25, 0.3) is 0 Å². The van der Waals surface area contributed by atoms with Gasteiger partial charge >= 0.3 is 6.18 Å². The first-order valence-electron chi connectivity index (χ1n) is 7.44. The SMILES string of the molecule is Cc1ccc(OCCN(C)S(=O)(=O)c2ccccc2C(F)(F)F)cc1. The van der Waals surface area contributed by atoms with Crippen molar-refractivity contribution in [3.63, 3.8) is 0 Å². The van der Waals surface area contributed by atoms with Gasteiger partial charge in [-0.05, 0) is 31.2 Å². The summed E-state index contributed by atoms with van der Waals surface area (Å²) < 4.78 is 70.3. The number of hydrogen-bond donors (Lipinski definition) is 0. The summed E-state index contributed by atoms with van der Waals surface area (Å²) in [5.41, 5.74) is -0.128. The van der Waals surface area contributed by atoms with Crippen LogP contribution in [0.1, 0.15) is 11.1 Å². The Morgan fingerprint density at radius 1 is 1.04 bits per heavy atom. The number of nitrogens with zero attached hydrogens (tertiary/aromatic N) is 1. The van der Waals surface area contributed by atoms with Crippen molar-refractivity contribution < 1.29 is 26.3 Å². The van der Waals surface area contributed by atoms with Gasteiger partial charge in [0.2, 0.25) is 10.0 Å². The predicted molar refractivity (Wildman–Crippen MR) is 87.9 cm³/mol. The third kappa shape index (κ3) is 4.73. The Balaban J connectivity index is 2.10. The van der Waals surface area contributed by atoms with E-state index in [0.29, 0.717) is 5.75 Å². The molecule has 2 aromatic rings. The Morgan fingerprint density at radius 2 is 1.64 bits per heavy atom. The quantitative estimate of drug-likeness (QED) is 0.775. The van der Waals surface area contributed by atoms with Crippen molar-refractivity contribution in [3.05, 3.63) is 59.7 Å². The van der Waals surface area contributed by atoms with E-state index in [1.165, 1.54) is 13.1 Å². The first-order chi connectivity index (χ1) is 11.6. The van der Waals surface area contributed by atoms with E-state index in [9.17, 15) is 21.6 Å². The van der Waals surface area contributed by atoms with Gasteiger partial charge in [0.1, 0.15) is 12.4 Å². The maximum Gasteiger partial charge on any atom is 0.417 e. The molecule has 0 saturated carbocycles. The summed E-state index contributed by atoms with van der Waals surface area (Å²) in [4.78, 5) is -0.764. The second kappa shape index (κ2) is 7.45. The van der Waals surface area contributed by atoms with Crippen LogP contribution >= 0.6 is 0 Å². The molecular formula is C17H18F3NO3S. The maximum atomic E-state index is 13.0. The highest BCUT2D eigenvalue weighted by molar-refractivity contribution is 7.89. The molecule has 136 valence electrons. The number of hydrogen-bond acceptors (Lipinski definition) is 3. The Labute approximate surface area is 144 Å². The molecule has 0 aliphatic rings. The fourth-order valence-corrected chi connectivity index (χ4v) is 3.50. The molecule has 0 aliphatic carbocycles. The molecule has 0 fully saturated rings. The largest absolute Gasteiger partial charge is 0.492 e. The van der Waals surface area contributed by atoms with Gasteiger partial charge in [0.05, 0.1) is 10.5 Å². The van der Waals surface area contributed by atoms with Crippen LogP contribution in [0.15, 0.2) is 53.4 Å². The average molecular weight is 373 g/mol. The van der Waals surface area contributed by atoms with Gasteiger partial charge in [-0.1, -0.05) is 29.8 Å². The molecule has 0 amide bonds. The summed E-state index contributed by atoms with van der Waals surface area (Å²) in [7, 11) is -3.06. The molecule has 0 unspecified atom stereocenters. The molecule has 0 radical (unpaired) electrons. The molecule has 0 aliphatic heterocycles. The summed E-state index contributed by atoms with van der Waals surface area (Å²) in [5, 5.41) is 0. The molecule has 0 bridgehead atoms. The van der Waals surface area contributed by atoms with Gasteiger partial charge in [-0.3, -0.25) is 0 Å². The maximum absolute atomic E-state index is 13.0. The van der Waals surface area contributed by atoms with E-state index in [1.807, 2.05) is 19.1 Å². The van der Waals surface area contributed by atoms with Gasteiger partial charge in [0.25, 0.3) is 0 Å². The highest BCUT2D eigenvalue weighted by Gasteiger charge is 2.37. The second-order valence-electron chi connectivity index (χ2n) is 5.48. The Morgan fingerprint density at radius 3 is 2.24 bits per heavy atom. The lowest BCUT2D eigenvalue weighted by Gasteiger charge is -2.20. The highest BCUT2D eigenvalue weighted by atomic mass is 32.2. The van der Waals surface area contributed by atoms with Crippen LogP contribution in [0.5, 0.6) is 5.75 Å². The molecule has 0 aromatic heterocycles. The first-order valence-corrected chi connectivity index (χ1v) is 8.88. The van der Waals surface area contributed by atoms with Gasteiger partial charge < -0.3 is 4.74 Å². The molecule has 0 spiro atoms. The number of aryl methyl sites for hydroxylation is 1. The molecule has 0 N–H and O–H groups in total. The van der Waals surface area contributed by atoms with E-state index in [1.54, 1.807) is 12.1 Å². The predicted octanol–water partition coefficient (Wildman–Crippen LogP) is 3.71. The van der Waals surface area contributed by atoms with Crippen molar-refractivity contribution in [2.45, 2.75) is 18.0 Å². The second-order valence-corrected chi connectivity index (χ2v) is 7.50. The third-order valence-corrected chi connectivity index (χ3v) is 5.49. The third-order valence-electron chi connectivity index (χ3n) is 3.58. The van der Waals surface area contributed by atoms with E-state index < -0.39 is 26.7 Å². The van der Waals surface area contributed by atoms with Gasteiger partial charge in [-0.15, -0.1) is 0 Å². The van der Waals surface area contributed by atoms with Crippen LogP contribution in [0.4, 0.5) is 13.2 Å². The lowest BCUT2D eigenvalue weighted by Crippen LogP contribution is -2.32. The first kappa shape index (κ1) is 19.3. The Kier molecular flexibility index (Phi) is 5.74. The fraction of sp³-hybridized carbons (Fsp3) is 0.294. The van der Waals surface area contributed by atoms with Crippen molar-refractivity contribution in [2.24, 2.45) is 0 Å². The summed E-state index contributed by atoms with van der Waals surface area (Å²) in [6.07, 6.45) is -4.75. The zero-order chi connectivity index (χ0) is 18.7. The minimum absolute atomic E-state index is 0.0208. The van der Waals surface area contributed by atoms with E-state index in [-0.39, 0.29) is 13.2 Å². The van der Waals surface area contributed by atoms with Crippen LogP contribution in [-0.2, 0) is 16.2 Å². The normalized spacial score (nSPS) is 12.4. The number of rotatable bonds is 6. The minimum Gasteiger partial charge on any atom is -0.492 e. The summed E-state index contributed by atoms with van der Waals surface area (Å²) >= 11 is 0. The van der Waals surface area contributed by atoms with E-state index >= 15 is 0 Å². The molecular weight excluding hydrogens is 355 g/mol. The number of halogens is 3. The summed E-state index contributed by atoms with van der Waals surface area (Å²) in [5.74, 6) is 0.562. The van der Waals surface area contributed by atoms with Crippen molar-refractivity contribution in [2.75, 3.05) is 20.2 Å². The molecule has 25 heavy (non-hydrogen) atoms. The highest BCUT2D eigenvalue weighted by Crippen LogP contribution is 2.34. The van der Waals surface area contributed by atoms with Crippen LogP contribution in [0, 0.1) is 6.92 Å². The number of sulfonamides is 1. The summed E-state index contributed by atoms with van der Waals surface area (Å²) in [6.45, 7) is 1.86. The lowest BCUT2D eigenvalue weighted by molar-refractivity contribution is -0.139. The number of benzene rings is 2. The van der Waals surface area contributed by atoms with Gasteiger partial charge in [0, 0.05) is 13.6 Å². The molecule has 0 heterocycles. The van der Waals surface area contributed by atoms with Crippen molar-refractivity contribution in [1.82, 2.24) is 4.31 Å². The van der Waals surface area contributed by atoms with Crippen LogP contribution in [0.3, 0.4) is 0 Å². The van der Waals surface area contributed by atoms with Gasteiger partial charge in [0.15, 0.2) is 0 Å². The van der Waals surface area contributed by atoms with Crippen molar-refractivity contribution in [1.29, 1.82) is 0 Å². The molecule has 0 saturated heterocycles. The molecule has 2 aromatic carbocycles. The van der Waals surface area contributed by atoms with Gasteiger partial charge in [-0.25, -0.2) is 8.42 Å². The number of ether oxygens (including phenoxy) is 1. The van der Waals surface area contributed by atoms with Crippen LogP contribution in [0.2, 0.25) is 0 Å². The molecule has 0 atom stereocenters. The standard InChI is InChI=1S/C17H18F3NO3S/c1-13-7-9-14(10-8-13)24-12-11-21(2)25(22,23)16-6-4-3-5-15(16)17(18,19)20/h3-10H,11-12H2,1-2H3.